The first-order valence-electron chi connectivity index (χ1n) is 5.77. The zero-order valence-corrected chi connectivity index (χ0v) is 10.1. The molecule has 0 amide bonds. The number of aliphatic imine (C=N–C) groups is 1. The molecule has 2 N–H and O–H groups in total. The van der Waals surface area contributed by atoms with E-state index in [2.05, 4.69) is 4.99 Å². The van der Waals surface area contributed by atoms with Gasteiger partial charge in [-0.2, -0.15) is 0 Å². The van der Waals surface area contributed by atoms with Crippen LogP contribution in [0.15, 0.2) is 59.6 Å². The molecule has 0 aliphatic heterocycles. The Morgan fingerprint density at radius 1 is 1.05 bits per heavy atom. The lowest BCUT2D eigenvalue weighted by atomic mass is 10.1. The van der Waals surface area contributed by atoms with Gasteiger partial charge in [-0.25, -0.2) is 4.79 Å². The predicted octanol–water partition coefficient (Wildman–Crippen LogP) is 2.64. The molecule has 19 heavy (non-hydrogen) atoms. The van der Waals surface area contributed by atoms with E-state index in [1.165, 1.54) is 12.3 Å². The summed E-state index contributed by atoms with van der Waals surface area (Å²) in [5.41, 5.74) is 1.09. The highest BCUT2D eigenvalue weighted by atomic mass is 16.4. The van der Waals surface area contributed by atoms with Crippen LogP contribution in [0.3, 0.4) is 0 Å². The van der Waals surface area contributed by atoms with Gasteiger partial charge in [0.25, 0.3) is 0 Å². The van der Waals surface area contributed by atoms with Gasteiger partial charge in [0.15, 0.2) is 6.04 Å². The summed E-state index contributed by atoms with van der Waals surface area (Å²) in [5.74, 6) is -0.957. The summed E-state index contributed by atoms with van der Waals surface area (Å²) in [7, 11) is 0. The fraction of sp³-hybridized carbons (Fsp3) is 0.0667. The molecule has 0 saturated heterocycles. The number of aliphatic carboxylic acids is 1. The third-order valence-corrected chi connectivity index (χ3v) is 2.65. The second-order valence-electron chi connectivity index (χ2n) is 3.99. The molecule has 0 fully saturated rings. The van der Waals surface area contributed by atoms with E-state index >= 15 is 0 Å². The lowest BCUT2D eigenvalue weighted by molar-refractivity contribution is -0.138. The summed E-state index contributed by atoms with van der Waals surface area (Å²) in [6.07, 6.45) is 1.38. The van der Waals surface area contributed by atoms with Crippen LogP contribution in [0.4, 0.5) is 0 Å². The molecule has 4 nitrogen and oxygen atoms in total. The maximum absolute atomic E-state index is 11.2. The standard InChI is InChI=1S/C15H13NO3/c17-13-9-5-4-8-12(13)10-16-14(15(18)19)11-6-2-1-3-7-11/h1-10,14,17H,(H,18,19)/t14-/m1/s1. The Morgan fingerprint density at radius 3 is 2.32 bits per heavy atom. The number of hydrogen-bond donors (Lipinski definition) is 2. The molecule has 0 spiro atoms. The van der Waals surface area contributed by atoms with Crippen molar-refractivity contribution in [2.75, 3.05) is 0 Å². The van der Waals surface area contributed by atoms with Gasteiger partial charge >= 0.3 is 5.97 Å². The lowest BCUT2D eigenvalue weighted by Gasteiger charge is -2.07. The third kappa shape index (κ3) is 3.19. The second-order valence-corrected chi connectivity index (χ2v) is 3.99. The van der Waals surface area contributed by atoms with Crippen LogP contribution in [0.2, 0.25) is 0 Å². The van der Waals surface area contributed by atoms with Crippen molar-refractivity contribution < 1.29 is 15.0 Å². The smallest absolute Gasteiger partial charge is 0.333 e. The van der Waals surface area contributed by atoms with Gasteiger partial charge in [-0.3, -0.25) is 4.99 Å². The molecule has 4 heteroatoms. The van der Waals surface area contributed by atoms with Crippen LogP contribution < -0.4 is 0 Å². The Labute approximate surface area is 110 Å². The average Bonchev–Trinajstić information content (AvgIpc) is 2.42. The summed E-state index contributed by atoms with van der Waals surface area (Å²) in [4.78, 5) is 15.3. The van der Waals surface area contributed by atoms with Gasteiger partial charge < -0.3 is 10.2 Å². The first-order valence-corrected chi connectivity index (χ1v) is 5.77. The van der Waals surface area contributed by atoms with E-state index in [1.54, 1.807) is 42.5 Å². The van der Waals surface area contributed by atoms with Crippen molar-refractivity contribution in [3.8, 4) is 5.75 Å². The van der Waals surface area contributed by atoms with Gasteiger partial charge in [-0.1, -0.05) is 42.5 Å². The zero-order chi connectivity index (χ0) is 13.7. The van der Waals surface area contributed by atoms with Crippen molar-refractivity contribution in [2.45, 2.75) is 6.04 Å². The Kier molecular flexibility index (Phi) is 3.93. The summed E-state index contributed by atoms with van der Waals surface area (Å²) in [6.45, 7) is 0. The molecule has 1 atom stereocenters. The molecule has 0 unspecified atom stereocenters. The molecule has 0 aromatic heterocycles. The van der Waals surface area contributed by atoms with Gasteiger partial charge in [0.05, 0.1) is 0 Å². The normalized spacial score (nSPS) is 12.4. The van der Waals surface area contributed by atoms with Crippen molar-refractivity contribution in [3.63, 3.8) is 0 Å². The van der Waals surface area contributed by atoms with Crippen LogP contribution in [0, 0.1) is 0 Å². The third-order valence-electron chi connectivity index (χ3n) is 2.65. The van der Waals surface area contributed by atoms with Gasteiger partial charge in [0.1, 0.15) is 5.75 Å². The number of rotatable bonds is 4. The number of nitrogens with zero attached hydrogens (tertiary/aromatic N) is 1. The molecule has 0 heterocycles. The SMILES string of the molecule is O=C(O)[C@H](N=Cc1ccccc1O)c1ccccc1. The first-order chi connectivity index (χ1) is 9.18. The Hall–Kier alpha value is -2.62. The van der Waals surface area contributed by atoms with Crippen molar-refractivity contribution in [1.29, 1.82) is 0 Å². The van der Waals surface area contributed by atoms with E-state index in [-0.39, 0.29) is 5.75 Å². The molecular weight excluding hydrogens is 242 g/mol. The largest absolute Gasteiger partial charge is 0.507 e. The first kappa shape index (κ1) is 12.8. The summed E-state index contributed by atoms with van der Waals surface area (Å²) in [6, 6.07) is 14.4. The Morgan fingerprint density at radius 2 is 1.68 bits per heavy atom. The minimum absolute atomic E-state index is 0.0726. The number of phenols is 1. The van der Waals surface area contributed by atoms with Gasteiger partial charge in [-0.15, -0.1) is 0 Å². The number of carbonyl (C=O) groups is 1. The molecule has 96 valence electrons. The lowest BCUT2D eigenvalue weighted by Crippen LogP contribution is -2.09. The molecule has 2 rings (SSSR count). The van der Waals surface area contributed by atoms with Crippen LogP contribution in [0.5, 0.6) is 5.75 Å². The van der Waals surface area contributed by atoms with E-state index in [0.29, 0.717) is 11.1 Å². The quantitative estimate of drug-likeness (QED) is 0.825. The molecule has 0 aliphatic carbocycles. The fourth-order valence-corrected chi connectivity index (χ4v) is 1.68. The molecule has 0 bridgehead atoms. The number of carboxylic acid groups (broad SMARTS) is 1. The Bertz CT molecular complexity index is 593. The minimum Gasteiger partial charge on any atom is -0.507 e. The number of aromatic hydroxyl groups is 1. The summed E-state index contributed by atoms with van der Waals surface area (Å²) < 4.78 is 0. The fourth-order valence-electron chi connectivity index (χ4n) is 1.68. The highest BCUT2D eigenvalue weighted by molar-refractivity contribution is 5.86. The zero-order valence-electron chi connectivity index (χ0n) is 10.1. The van der Waals surface area contributed by atoms with Crippen LogP contribution in [-0.4, -0.2) is 22.4 Å². The van der Waals surface area contributed by atoms with Crippen molar-refractivity contribution >= 4 is 12.2 Å². The maximum atomic E-state index is 11.2. The average molecular weight is 255 g/mol. The number of carboxylic acids is 1. The minimum atomic E-state index is -1.03. The highest BCUT2D eigenvalue weighted by Crippen LogP contribution is 2.19. The van der Waals surface area contributed by atoms with E-state index in [4.69, 9.17) is 0 Å². The van der Waals surface area contributed by atoms with E-state index < -0.39 is 12.0 Å². The van der Waals surface area contributed by atoms with Gasteiger partial charge in [0, 0.05) is 11.8 Å². The van der Waals surface area contributed by atoms with Crippen molar-refractivity contribution in [3.05, 3.63) is 65.7 Å². The number of benzene rings is 2. The van der Waals surface area contributed by atoms with Crippen molar-refractivity contribution in [2.24, 2.45) is 4.99 Å². The molecule has 0 saturated carbocycles. The predicted molar refractivity (Wildman–Crippen MR) is 72.5 cm³/mol. The number of para-hydroxylation sites is 1. The summed E-state index contributed by atoms with van der Waals surface area (Å²) >= 11 is 0. The topological polar surface area (TPSA) is 69.9 Å². The van der Waals surface area contributed by atoms with Crippen LogP contribution in [0.25, 0.3) is 0 Å². The molecular formula is C15H13NO3. The van der Waals surface area contributed by atoms with Crippen LogP contribution >= 0.6 is 0 Å². The van der Waals surface area contributed by atoms with E-state index in [0.717, 1.165) is 0 Å². The van der Waals surface area contributed by atoms with Gasteiger partial charge in [0.2, 0.25) is 0 Å². The highest BCUT2D eigenvalue weighted by Gasteiger charge is 2.17. The monoisotopic (exact) mass is 255 g/mol. The molecule has 2 aromatic rings. The molecule has 0 aliphatic rings. The molecule has 0 radical (unpaired) electrons. The maximum Gasteiger partial charge on any atom is 0.333 e. The summed E-state index contributed by atoms with van der Waals surface area (Å²) in [5, 5.41) is 18.8. The van der Waals surface area contributed by atoms with Crippen LogP contribution in [0.1, 0.15) is 17.2 Å². The van der Waals surface area contributed by atoms with E-state index in [1.807, 2.05) is 6.07 Å². The van der Waals surface area contributed by atoms with Crippen LogP contribution in [-0.2, 0) is 4.79 Å². The Balaban J connectivity index is 2.28. The second kappa shape index (κ2) is 5.82. The number of phenolic OH excluding ortho intramolecular Hbond substituents is 1. The molecule has 2 aromatic carbocycles. The van der Waals surface area contributed by atoms with Gasteiger partial charge in [-0.05, 0) is 17.7 Å². The van der Waals surface area contributed by atoms with Crippen molar-refractivity contribution in [1.82, 2.24) is 0 Å². The van der Waals surface area contributed by atoms with E-state index in [9.17, 15) is 15.0 Å². The number of hydrogen-bond acceptors (Lipinski definition) is 3.